The second-order valence-corrected chi connectivity index (χ2v) is 5.96. The van der Waals surface area contributed by atoms with Crippen molar-refractivity contribution in [1.29, 1.82) is 10.5 Å². The van der Waals surface area contributed by atoms with Crippen molar-refractivity contribution in [3.05, 3.63) is 75.3 Å². The molecule has 144 valence electrons. The molecular weight excluding hydrogens is 375 g/mol. The SMILES string of the molecule is COc1cc(-c2c(C#N)c(N)[nH]c(=O)c2C#N)ccc1OCc1ccccc1F. The van der Waals surface area contributed by atoms with Crippen molar-refractivity contribution in [2.24, 2.45) is 0 Å². The number of hydrogen-bond donors (Lipinski definition) is 2. The zero-order valence-corrected chi connectivity index (χ0v) is 15.3. The largest absolute Gasteiger partial charge is 0.493 e. The van der Waals surface area contributed by atoms with E-state index in [9.17, 15) is 19.7 Å². The number of nitriles is 2. The summed E-state index contributed by atoms with van der Waals surface area (Å²) in [5, 5.41) is 18.8. The quantitative estimate of drug-likeness (QED) is 0.690. The summed E-state index contributed by atoms with van der Waals surface area (Å²) in [4.78, 5) is 14.4. The van der Waals surface area contributed by atoms with Gasteiger partial charge in [0.2, 0.25) is 0 Å². The second-order valence-electron chi connectivity index (χ2n) is 5.96. The Morgan fingerprint density at radius 1 is 1.10 bits per heavy atom. The van der Waals surface area contributed by atoms with Gasteiger partial charge in [-0.1, -0.05) is 24.3 Å². The molecule has 8 heteroatoms. The van der Waals surface area contributed by atoms with Crippen molar-refractivity contribution < 1.29 is 13.9 Å². The number of rotatable bonds is 5. The topological polar surface area (TPSA) is 125 Å². The summed E-state index contributed by atoms with van der Waals surface area (Å²) in [7, 11) is 1.41. The minimum absolute atomic E-state index is 0.0206. The number of nitrogens with one attached hydrogen (secondary N) is 1. The number of H-pyrrole nitrogens is 1. The van der Waals surface area contributed by atoms with Crippen LogP contribution in [0.3, 0.4) is 0 Å². The highest BCUT2D eigenvalue weighted by Crippen LogP contribution is 2.36. The summed E-state index contributed by atoms with van der Waals surface area (Å²) < 4.78 is 24.8. The van der Waals surface area contributed by atoms with Crippen LogP contribution in [-0.4, -0.2) is 12.1 Å². The third-order valence-electron chi connectivity index (χ3n) is 4.26. The lowest BCUT2D eigenvalue weighted by atomic mass is 9.96. The van der Waals surface area contributed by atoms with E-state index < -0.39 is 5.56 Å². The Balaban J connectivity index is 2.05. The van der Waals surface area contributed by atoms with Gasteiger partial charge in [0.15, 0.2) is 11.5 Å². The van der Waals surface area contributed by atoms with Crippen LogP contribution in [0.5, 0.6) is 11.5 Å². The third-order valence-corrected chi connectivity index (χ3v) is 4.26. The molecule has 0 aliphatic rings. The molecule has 0 amide bonds. The summed E-state index contributed by atoms with van der Waals surface area (Å²) in [6.07, 6.45) is 0. The molecular formula is C21H15FN4O3. The van der Waals surface area contributed by atoms with E-state index in [1.807, 2.05) is 6.07 Å². The number of benzene rings is 2. The summed E-state index contributed by atoms with van der Waals surface area (Å²) in [5.41, 5.74) is 5.64. The van der Waals surface area contributed by atoms with Crippen LogP contribution in [0.15, 0.2) is 47.3 Å². The molecule has 0 bridgehead atoms. The molecule has 0 atom stereocenters. The Hall–Kier alpha value is -4.30. The Bertz CT molecular complexity index is 1220. The lowest BCUT2D eigenvalue weighted by Gasteiger charge is -2.14. The summed E-state index contributed by atoms with van der Waals surface area (Å²) in [6, 6.07) is 14.6. The van der Waals surface area contributed by atoms with Crippen LogP contribution in [0.1, 0.15) is 16.7 Å². The first kappa shape index (κ1) is 19.5. The summed E-state index contributed by atoms with van der Waals surface area (Å²) in [6.45, 7) is -0.0206. The molecule has 0 aliphatic heterocycles. The average Bonchev–Trinajstić information content (AvgIpc) is 2.72. The average molecular weight is 390 g/mol. The van der Waals surface area contributed by atoms with Crippen molar-refractivity contribution in [2.45, 2.75) is 6.61 Å². The van der Waals surface area contributed by atoms with Gasteiger partial charge in [-0.3, -0.25) is 4.79 Å². The standard InChI is InChI=1S/C21H15FN4O3/c1-28-18-8-12(19-14(9-23)20(25)26-21(27)15(19)10-24)6-7-17(18)29-11-13-4-2-3-5-16(13)22/h2-8H,11H2,1H3,(H3,25,26,27). The van der Waals surface area contributed by atoms with E-state index in [4.69, 9.17) is 15.2 Å². The van der Waals surface area contributed by atoms with Gasteiger partial charge in [0.1, 0.15) is 41.5 Å². The lowest BCUT2D eigenvalue weighted by Crippen LogP contribution is -2.16. The van der Waals surface area contributed by atoms with Crippen molar-refractivity contribution in [2.75, 3.05) is 12.8 Å². The van der Waals surface area contributed by atoms with Crippen LogP contribution in [0.25, 0.3) is 11.1 Å². The van der Waals surface area contributed by atoms with E-state index in [1.54, 1.807) is 36.4 Å². The van der Waals surface area contributed by atoms with Gasteiger partial charge in [0.05, 0.1) is 7.11 Å². The van der Waals surface area contributed by atoms with Crippen molar-refractivity contribution >= 4 is 5.82 Å². The fourth-order valence-corrected chi connectivity index (χ4v) is 2.85. The van der Waals surface area contributed by atoms with Crippen LogP contribution in [0.4, 0.5) is 10.2 Å². The molecule has 0 saturated heterocycles. The molecule has 0 unspecified atom stereocenters. The first-order chi connectivity index (χ1) is 14.0. The van der Waals surface area contributed by atoms with Crippen molar-refractivity contribution in [3.63, 3.8) is 0 Å². The molecule has 0 saturated carbocycles. The van der Waals surface area contributed by atoms with Gasteiger partial charge in [0, 0.05) is 11.1 Å². The molecule has 0 radical (unpaired) electrons. The number of anilines is 1. The number of pyridine rings is 1. The number of hydrogen-bond acceptors (Lipinski definition) is 6. The molecule has 0 spiro atoms. The molecule has 0 fully saturated rings. The highest BCUT2D eigenvalue weighted by Gasteiger charge is 2.19. The Labute approximate surface area is 165 Å². The maximum absolute atomic E-state index is 13.8. The molecule has 3 aromatic rings. The first-order valence-corrected chi connectivity index (χ1v) is 8.40. The minimum Gasteiger partial charge on any atom is -0.493 e. The number of aromatic nitrogens is 1. The number of ether oxygens (including phenoxy) is 2. The zero-order valence-electron chi connectivity index (χ0n) is 15.3. The van der Waals surface area contributed by atoms with Gasteiger partial charge >= 0.3 is 0 Å². The fourth-order valence-electron chi connectivity index (χ4n) is 2.85. The van der Waals surface area contributed by atoms with E-state index in [1.165, 1.54) is 19.2 Å². The number of nitrogens with two attached hydrogens (primary N) is 1. The van der Waals surface area contributed by atoms with Crippen LogP contribution < -0.4 is 20.8 Å². The predicted molar refractivity (Wildman–Crippen MR) is 104 cm³/mol. The fraction of sp³-hybridized carbons (Fsp3) is 0.0952. The molecule has 29 heavy (non-hydrogen) atoms. The minimum atomic E-state index is -0.696. The van der Waals surface area contributed by atoms with E-state index in [2.05, 4.69) is 4.98 Å². The molecule has 3 rings (SSSR count). The van der Waals surface area contributed by atoms with E-state index in [-0.39, 0.29) is 40.7 Å². The number of halogens is 1. The normalized spacial score (nSPS) is 10.1. The Morgan fingerprint density at radius 3 is 2.48 bits per heavy atom. The maximum Gasteiger partial charge on any atom is 0.268 e. The van der Waals surface area contributed by atoms with Gasteiger partial charge in [0.25, 0.3) is 5.56 Å². The summed E-state index contributed by atoms with van der Waals surface area (Å²) in [5.74, 6) is 0.0875. The highest BCUT2D eigenvalue weighted by molar-refractivity contribution is 5.81. The summed E-state index contributed by atoms with van der Waals surface area (Å²) >= 11 is 0. The van der Waals surface area contributed by atoms with Crippen molar-refractivity contribution in [1.82, 2.24) is 4.98 Å². The van der Waals surface area contributed by atoms with E-state index in [0.29, 0.717) is 16.9 Å². The second kappa shape index (κ2) is 8.15. The smallest absolute Gasteiger partial charge is 0.268 e. The molecule has 2 aromatic carbocycles. The molecule has 0 aliphatic carbocycles. The Kier molecular flexibility index (Phi) is 5.47. The van der Waals surface area contributed by atoms with E-state index >= 15 is 0 Å². The third kappa shape index (κ3) is 3.73. The maximum atomic E-state index is 13.8. The predicted octanol–water partition coefficient (Wildman–Crippen LogP) is 3.09. The van der Waals surface area contributed by atoms with Crippen LogP contribution in [0.2, 0.25) is 0 Å². The first-order valence-electron chi connectivity index (χ1n) is 8.40. The molecule has 1 heterocycles. The zero-order chi connectivity index (χ0) is 21.0. The van der Waals surface area contributed by atoms with Crippen LogP contribution >= 0.6 is 0 Å². The van der Waals surface area contributed by atoms with Gasteiger partial charge in [-0.15, -0.1) is 0 Å². The number of methoxy groups -OCH3 is 1. The number of nitrogen functional groups attached to an aromatic ring is 1. The lowest BCUT2D eigenvalue weighted by molar-refractivity contribution is 0.280. The van der Waals surface area contributed by atoms with E-state index in [0.717, 1.165) is 0 Å². The number of nitrogens with zero attached hydrogens (tertiary/aromatic N) is 2. The number of aromatic amines is 1. The molecule has 7 nitrogen and oxygen atoms in total. The van der Waals surface area contributed by atoms with Crippen LogP contribution in [0, 0.1) is 28.5 Å². The molecule has 3 N–H and O–H groups in total. The van der Waals surface area contributed by atoms with Gasteiger partial charge in [-0.2, -0.15) is 10.5 Å². The van der Waals surface area contributed by atoms with Crippen molar-refractivity contribution in [3.8, 4) is 34.8 Å². The Morgan fingerprint density at radius 2 is 1.83 bits per heavy atom. The van der Waals surface area contributed by atoms with Gasteiger partial charge in [-0.25, -0.2) is 4.39 Å². The highest BCUT2D eigenvalue weighted by atomic mass is 19.1. The van der Waals surface area contributed by atoms with Crippen LogP contribution in [-0.2, 0) is 6.61 Å². The monoisotopic (exact) mass is 390 g/mol. The van der Waals surface area contributed by atoms with Gasteiger partial charge < -0.3 is 20.2 Å². The molecule has 1 aromatic heterocycles. The van der Waals surface area contributed by atoms with Gasteiger partial charge in [-0.05, 0) is 23.8 Å².